The number of aromatic amines is 2. The van der Waals surface area contributed by atoms with Gasteiger partial charge in [0.15, 0.2) is 11.7 Å². The molecule has 1 saturated heterocycles. The first-order valence-corrected chi connectivity index (χ1v) is 28.0. The van der Waals surface area contributed by atoms with Gasteiger partial charge in [0, 0.05) is 112 Å². The molecule has 6 amide bonds. The highest BCUT2D eigenvalue weighted by Crippen LogP contribution is 2.26. The Hall–Kier alpha value is -8.56. The molecule has 1 aliphatic heterocycles. The van der Waals surface area contributed by atoms with Crippen molar-refractivity contribution in [2.75, 3.05) is 13.1 Å². The van der Waals surface area contributed by atoms with Gasteiger partial charge < -0.3 is 53.8 Å². The molecule has 1 fully saturated rings. The second kappa shape index (κ2) is 35.2. The van der Waals surface area contributed by atoms with Gasteiger partial charge in [-0.2, -0.15) is 0 Å². The van der Waals surface area contributed by atoms with E-state index < -0.39 is 113 Å². The molecule has 4 aromatic rings. The largest absolute Gasteiger partial charge is 0.370 e. The third-order valence-corrected chi connectivity index (χ3v) is 14.0. The van der Waals surface area contributed by atoms with Crippen LogP contribution in [0.4, 0.5) is 0 Å². The number of hydrogen-bond acceptors (Lipinski definition) is 12. The number of aromatic nitrogens is 3. The Balaban J connectivity index is 0.00000228. The third-order valence-electron chi connectivity index (χ3n) is 14.0. The Morgan fingerprint density at radius 2 is 1.54 bits per heavy atom. The molecule has 7 atom stereocenters. The standard InChI is InChI=1S/C54H72N12O10.C6H10/c1-3-4-15-42(63-32(2)67)51(74)64-43-19-17-39(68)18-20-49(72)61-29-37(47(70)25-35(50(55)73)23-36-28-60-41-16-9-8-14-40(36)41)26-46(69)34(13-10-21-59-54(56)57)24-48(71)44(22-33-11-6-5-7-12-33)65-53(76)45(66-52(43)75)27-38-30-58-31-62-38;1-3-5-6-4-2/h5-9,11-12,14,16,28,30-31,34-35,37,42-45,60H,3-4,10,13,15,17-27,29H2,1-2H3,(H2,55,73)(H,58,62)(H,61,72)(H,63,67)(H,64,74)(H,65,76)(H,66,75)(H4,56,57,59);3-4H,1-2,5-6H2/t34-,35-,37+,42+,43+,44-,45+;/m1./s1. The maximum atomic E-state index is 14.8. The summed E-state index contributed by atoms with van der Waals surface area (Å²) in [4.78, 5) is 153. The molecule has 0 radical (unpaired) electrons. The fourth-order valence-electron chi connectivity index (χ4n) is 9.44. The van der Waals surface area contributed by atoms with Crippen LogP contribution in [0, 0.1) is 17.8 Å². The van der Waals surface area contributed by atoms with Crippen molar-refractivity contribution in [2.24, 2.45) is 39.9 Å². The molecule has 2 aromatic carbocycles. The molecule has 3 heterocycles. The number of imidazole rings is 1. The van der Waals surface area contributed by atoms with Crippen LogP contribution in [0.3, 0.4) is 0 Å². The molecule has 1 aliphatic rings. The first-order chi connectivity index (χ1) is 39.3. The zero-order valence-electron chi connectivity index (χ0n) is 47.2. The lowest BCUT2D eigenvalue weighted by molar-refractivity contribution is -0.135. The summed E-state index contributed by atoms with van der Waals surface area (Å²) >= 11 is 0. The molecule has 0 saturated carbocycles. The normalized spacial score (nSPS) is 19.5. The van der Waals surface area contributed by atoms with Crippen molar-refractivity contribution < 1.29 is 47.9 Å². The fourth-order valence-corrected chi connectivity index (χ4v) is 9.44. The van der Waals surface area contributed by atoms with E-state index in [1.165, 1.54) is 19.4 Å². The van der Waals surface area contributed by atoms with Crippen molar-refractivity contribution in [3.05, 3.63) is 115 Å². The van der Waals surface area contributed by atoms with Gasteiger partial charge in [-0.15, -0.1) is 13.2 Å². The van der Waals surface area contributed by atoms with E-state index in [2.05, 4.69) is 59.7 Å². The number of fused-ring (bicyclic) bond motifs is 1. The van der Waals surface area contributed by atoms with Crippen LogP contribution in [0.1, 0.15) is 121 Å². The average Bonchev–Trinajstić information content (AvgIpc) is 4.35. The summed E-state index contributed by atoms with van der Waals surface area (Å²) in [7, 11) is 0. The van der Waals surface area contributed by atoms with Crippen LogP contribution >= 0.6 is 0 Å². The average molecular weight is 1130 g/mol. The van der Waals surface area contributed by atoms with E-state index in [-0.39, 0.29) is 89.7 Å². The second-order valence-electron chi connectivity index (χ2n) is 20.6. The molecule has 0 aliphatic carbocycles. The molecule has 5 rings (SSSR count). The van der Waals surface area contributed by atoms with Gasteiger partial charge in [0.1, 0.15) is 35.5 Å². The van der Waals surface area contributed by atoms with Crippen LogP contribution < -0.4 is 43.8 Å². The number of guanidine groups is 1. The van der Waals surface area contributed by atoms with Crippen molar-refractivity contribution in [3.8, 4) is 0 Å². The fraction of sp³-hybridized carbons (Fsp3) is 0.467. The summed E-state index contributed by atoms with van der Waals surface area (Å²) in [5.74, 6) is -9.75. The van der Waals surface area contributed by atoms with Crippen molar-refractivity contribution in [2.45, 2.75) is 147 Å². The Labute approximate surface area is 478 Å². The molecular formula is C60H82N12O10. The number of nitrogens with two attached hydrogens (primary N) is 3. The van der Waals surface area contributed by atoms with E-state index in [9.17, 15) is 47.9 Å². The molecule has 13 N–H and O–H groups in total. The number of benzene rings is 2. The second-order valence-corrected chi connectivity index (χ2v) is 20.6. The number of ketones is 4. The number of carbonyl (C=O) groups is 10. The number of allylic oxidation sites excluding steroid dienone is 2. The predicted octanol–water partition coefficient (Wildman–Crippen LogP) is 3.73. The van der Waals surface area contributed by atoms with Gasteiger partial charge in [-0.05, 0) is 68.6 Å². The summed E-state index contributed by atoms with van der Waals surface area (Å²) in [6, 6.07) is 11.1. The zero-order chi connectivity index (χ0) is 60.0. The van der Waals surface area contributed by atoms with Gasteiger partial charge in [0.05, 0.1) is 12.4 Å². The molecule has 442 valence electrons. The van der Waals surface area contributed by atoms with Crippen molar-refractivity contribution in [1.82, 2.24) is 41.5 Å². The number of unbranched alkanes of at least 4 members (excludes halogenated alkanes) is 2. The van der Waals surface area contributed by atoms with E-state index in [1.54, 1.807) is 36.5 Å². The first-order valence-electron chi connectivity index (χ1n) is 28.0. The molecule has 22 nitrogen and oxygen atoms in total. The summed E-state index contributed by atoms with van der Waals surface area (Å²) in [6.45, 7) is 9.99. The lowest BCUT2D eigenvalue weighted by atomic mass is 9.82. The van der Waals surface area contributed by atoms with Crippen LogP contribution in [0.2, 0.25) is 0 Å². The van der Waals surface area contributed by atoms with E-state index >= 15 is 0 Å². The monoisotopic (exact) mass is 1130 g/mol. The molecular weight excluding hydrogens is 1050 g/mol. The number of primary amides is 1. The predicted molar refractivity (Wildman–Crippen MR) is 312 cm³/mol. The van der Waals surface area contributed by atoms with Gasteiger partial charge in [-0.1, -0.05) is 80.4 Å². The molecule has 2 aromatic heterocycles. The Morgan fingerprint density at radius 3 is 2.20 bits per heavy atom. The third kappa shape index (κ3) is 23.3. The maximum Gasteiger partial charge on any atom is 0.243 e. The number of para-hydroxylation sites is 1. The van der Waals surface area contributed by atoms with Gasteiger partial charge in [-0.3, -0.25) is 52.9 Å². The number of amides is 6. The molecule has 0 spiro atoms. The maximum absolute atomic E-state index is 14.8. The first kappa shape index (κ1) is 66.0. The number of aliphatic imine (C=N–C) groups is 1. The van der Waals surface area contributed by atoms with Gasteiger partial charge >= 0.3 is 0 Å². The summed E-state index contributed by atoms with van der Waals surface area (Å²) in [5, 5.41) is 14.3. The SMILES string of the molecule is C=CCCC=C.CCCC[C@H](NC(C)=O)C(=O)N[C@H]1CCC(=O)CCC(=O)NC[C@@H](C(=O)C[C@@H](Cc2c[nH]c3ccccc23)C(N)=O)CC(=O)[C@H](CCCN=C(N)N)CC(=O)[C@@H](Cc2ccccc2)NC(=O)[C@H](Cc2cnc[nH]2)NC1=O. The Bertz CT molecular complexity index is 2820. The summed E-state index contributed by atoms with van der Waals surface area (Å²) < 4.78 is 0. The van der Waals surface area contributed by atoms with E-state index in [0.717, 1.165) is 29.3 Å². The van der Waals surface area contributed by atoms with Gasteiger partial charge in [0.2, 0.25) is 35.4 Å². The van der Waals surface area contributed by atoms with Crippen molar-refractivity contribution in [1.29, 1.82) is 0 Å². The molecule has 22 heteroatoms. The van der Waals surface area contributed by atoms with Crippen LogP contribution in [-0.4, -0.2) is 117 Å². The topological polar surface area (TPSA) is 366 Å². The van der Waals surface area contributed by atoms with Crippen molar-refractivity contribution >= 4 is 75.4 Å². The molecule has 82 heavy (non-hydrogen) atoms. The van der Waals surface area contributed by atoms with E-state index in [4.69, 9.17) is 17.2 Å². The van der Waals surface area contributed by atoms with E-state index in [0.29, 0.717) is 24.1 Å². The number of hydrogen-bond donors (Lipinski definition) is 10. The van der Waals surface area contributed by atoms with Crippen LogP contribution in [0.5, 0.6) is 0 Å². The number of carbonyl (C=O) groups excluding carboxylic acids is 10. The highest BCUT2D eigenvalue weighted by molar-refractivity contribution is 5.98. The Morgan fingerprint density at radius 1 is 0.829 bits per heavy atom. The van der Waals surface area contributed by atoms with Crippen LogP contribution in [-0.2, 0) is 67.2 Å². The van der Waals surface area contributed by atoms with Gasteiger partial charge in [0.25, 0.3) is 0 Å². The number of nitrogens with zero attached hydrogens (tertiary/aromatic N) is 2. The number of H-pyrrole nitrogens is 2. The minimum Gasteiger partial charge on any atom is -0.370 e. The van der Waals surface area contributed by atoms with E-state index in [1.807, 2.05) is 43.3 Å². The summed E-state index contributed by atoms with van der Waals surface area (Å²) in [6.07, 6.45) is 9.68. The molecule has 0 unspecified atom stereocenters. The number of nitrogens with one attached hydrogen (secondary N) is 7. The quantitative estimate of drug-likeness (QED) is 0.0219. The highest BCUT2D eigenvalue weighted by Gasteiger charge is 2.36. The smallest absolute Gasteiger partial charge is 0.243 e. The number of rotatable bonds is 23. The summed E-state index contributed by atoms with van der Waals surface area (Å²) in [5.41, 5.74) is 19.7. The highest BCUT2D eigenvalue weighted by atomic mass is 16.2. The lowest BCUT2D eigenvalue weighted by Gasteiger charge is -2.27. The molecule has 0 bridgehead atoms. The minimum atomic E-state index is -1.42. The van der Waals surface area contributed by atoms with Gasteiger partial charge in [-0.25, -0.2) is 4.98 Å². The minimum absolute atomic E-state index is 0.0355. The van der Waals surface area contributed by atoms with Crippen molar-refractivity contribution in [3.63, 3.8) is 0 Å². The Kier molecular flexibility index (Phi) is 28.3. The lowest BCUT2D eigenvalue weighted by Crippen LogP contribution is -2.58. The zero-order valence-corrected chi connectivity index (χ0v) is 47.2. The van der Waals surface area contributed by atoms with Crippen LogP contribution in [0.25, 0.3) is 10.9 Å². The van der Waals surface area contributed by atoms with Crippen LogP contribution in [0.15, 0.2) is 104 Å². The number of Topliss-reactive ketones (excluding diaryl/α,β-unsaturated/α-hetero) is 4.